The third-order valence-electron chi connectivity index (χ3n) is 5.72. The lowest BCUT2D eigenvalue weighted by Crippen LogP contribution is -2.52. The molecular weight excluding hydrogens is 356 g/mol. The zero-order chi connectivity index (χ0) is 20.4. The van der Waals surface area contributed by atoms with Crippen LogP contribution >= 0.6 is 0 Å². The summed E-state index contributed by atoms with van der Waals surface area (Å²) in [6, 6.07) is 6.06. The molecule has 28 heavy (non-hydrogen) atoms. The summed E-state index contributed by atoms with van der Waals surface area (Å²) in [6.45, 7) is 8.61. The Bertz CT molecular complexity index is 598. The average molecular weight is 393 g/mol. The third-order valence-corrected chi connectivity index (χ3v) is 5.72. The molecular formula is C22H36N2O4. The van der Waals surface area contributed by atoms with Crippen LogP contribution in [-0.2, 0) is 16.0 Å². The summed E-state index contributed by atoms with van der Waals surface area (Å²) in [5.74, 6) is 2.22. The monoisotopic (exact) mass is 392 g/mol. The maximum Gasteiger partial charge on any atom is 0.220 e. The minimum atomic E-state index is 0.0779. The molecule has 1 aromatic carbocycles. The molecule has 1 unspecified atom stereocenters. The number of nitrogens with zero attached hydrogens (tertiary/aromatic N) is 1. The number of benzene rings is 1. The Kier molecular flexibility index (Phi) is 9.58. The van der Waals surface area contributed by atoms with Crippen LogP contribution in [0.1, 0.15) is 38.7 Å². The van der Waals surface area contributed by atoms with Gasteiger partial charge < -0.3 is 19.5 Å². The van der Waals surface area contributed by atoms with E-state index in [2.05, 4.69) is 24.1 Å². The van der Waals surface area contributed by atoms with Gasteiger partial charge in [0.05, 0.1) is 27.4 Å². The smallest absolute Gasteiger partial charge is 0.220 e. The van der Waals surface area contributed by atoms with Gasteiger partial charge in [-0.15, -0.1) is 0 Å². The van der Waals surface area contributed by atoms with Crippen molar-refractivity contribution in [3.05, 3.63) is 23.8 Å². The lowest BCUT2D eigenvalue weighted by atomic mass is 9.92. The van der Waals surface area contributed by atoms with E-state index in [9.17, 15) is 4.79 Å². The van der Waals surface area contributed by atoms with Gasteiger partial charge in [0.1, 0.15) is 11.5 Å². The molecule has 0 aromatic heterocycles. The third kappa shape index (κ3) is 6.38. The first-order chi connectivity index (χ1) is 13.6. The van der Waals surface area contributed by atoms with Gasteiger partial charge in [-0.05, 0) is 36.1 Å². The van der Waals surface area contributed by atoms with E-state index >= 15 is 0 Å². The number of rotatable bonds is 11. The van der Waals surface area contributed by atoms with Crippen molar-refractivity contribution in [2.24, 2.45) is 5.92 Å². The summed E-state index contributed by atoms with van der Waals surface area (Å²) in [5, 5.41) is 3.17. The fraction of sp³-hybridized carbons (Fsp3) is 0.682. The molecule has 1 aliphatic rings. The number of amides is 1. The van der Waals surface area contributed by atoms with Crippen LogP contribution in [0.3, 0.4) is 0 Å². The van der Waals surface area contributed by atoms with E-state index in [1.165, 1.54) is 0 Å². The largest absolute Gasteiger partial charge is 0.497 e. The van der Waals surface area contributed by atoms with Gasteiger partial charge in [-0.3, -0.25) is 9.69 Å². The van der Waals surface area contributed by atoms with Crippen LogP contribution < -0.4 is 14.8 Å². The molecule has 0 aliphatic carbocycles. The van der Waals surface area contributed by atoms with Crippen molar-refractivity contribution in [3.63, 3.8) is 0 Å². The molecule has 0 spiro atoms. The fourth-order valence-electron chi connectivity index (χ4n) is 3.97. The molecule has 6 heteroatoms. The Morgan fingerprint density at radius 2 is 1.89 bits per heavy atom. The van der Waals surface area contributed by atoms with E-state index in [0.29, 0.717) is 31.3 Å². The number of carbonyl (C=O) groups is 1. The number of aryl methyl sites for hydroxylation is 1. The molecule has 0 bridgehead atoms. The van der Waals surface area contributed by atoms with Crippen molar-refractivity contribution in [2.45, 2.75) is 45.6 Å². The van der Waals surface area contributed by atoms with Crippen molar-refractivity contribution < 1.29 is 19.0 Å². The molecule has 1 atom stereocenters. The average Bonchev–Trinajstić information content (AvgIpc) is 2.75. The molecule has 158 valence electrons. The number of morpholine rings is 1. The fourth-order valence-corrected chi connectivity index (χ4v) is 3.97. The Labute approximate surface area is 169 Å². The standard InChI is InChI=1S/C22H36N2O4/c1-5-17(6-2)20(24-11-13-28-14-12-24)16-23-22(25)10-7-18-15-19(26-3)8-9-21(18)27-4/h8-9,15,17,20H,5-7,10-14,16H2,1-4H3,(H,23,25). The molecule has 0 saturated carbocycles. The molecule has 1 amide bonds. The molecule has 1 aliphatic heterocycles. The van der Waals surface area contributed by atoms with E-state index < -0.39 is 0 Å². The molecule has 1 heterocycles. The van der Waals surface area contributed by atoms with Crippen LogP contribution in [0.2, 0.25) is 0 Å². The first kappa shape index (κ1) is 22.5. The van der Waals surface area contributed by atoms with Crippen molar-refractivity contribution in [1.82, 2.24) is 10.2 Å². The van der Waals surface area contributed by atoms with Crippen LogP contribution in [0.5, 0.6) is 11.5 Å². The lowest BCUT2D eigenvalue weighted by Gasteiger charge is -2.38. The zero-order valence-corrected chi connectivity index (χ0v) is 17.8. The molecule has 0 radical (unpaired) electrons. The minimum absolute atomic E-state index is 0.0779. The highest BCUT2D eigenvalue weighted by atomic mass is 16.5. The van der Waals surface area contributed by atoms with E-state index in [0.717, 1.165) is 56.2 Å². The van der Waals surface area contributed by atoms with Gasteiger partial charge in [-0.2, -0.15) is 0 Å². The normalized spacial score (nSPS) is 16.0. The predicted octanol–water partition coefficient (Wildman–Crippen LogP) is 2.89. The number of methoxy groups -OCH3 is 2. The van der Waals surface area contributed by atoms with Crippen molar-refractivity contribution in [2.75, 3.05) is 47.1 Å². The van der Waals surface area contributed by atoms with Gasteiger partial charge in [0.2, 0.25) is 5.91 Å². The SMILES string of the molecule is CCC(CC)C(CNC(=O)CCc1cc(OC)ccc1OC)N1CCOCC1. The van der Waals surface area contributed by atoms with Gasteiger partial charge in [0.15, 0.2) is 0 Å². The summed E-state index contributed by atoms with van der Waals surface area (Å²) in [5.41, 5.74) is 0.988. The van der Waals surface area contributed by atoms with Gasteiger partial charge in [-0.25, -0.2) is 0 Å². The van der Waals surface area contributed by atoms with Gasteiger partial charge >= 0.3 is 0 Å². The number of hydrogen-bond donors (Lipinski definition) is 1. The molecule has 6 nitrogen and oxygen atoms in total. The molecule has 1 aromatic rings. The first-order valence-electron chi connectivity index (χ1n) is 10.4. The molecule has 1 N–H and O–H groups in total. The number of carbonyl (C=O) groups excluding carboxylic acids is 1. The maximum absolute atomic E-state index is 12.5. The van der Waals surface area contributed by atoms with Crippen LogP contribution in [0.15, 0.2) is 18.2 Å². The van der Waals surface area contributed by atoms with Gasteiger partial charge in [-0.1, -0.05) is 26.7 Å². The number of nitrogens with one attached hydrogen (secondary N) is 1. The van der Waals surface area contributed by atoms with Gasteiger partial charge in [0, 0.05) is 32.1 Å². The summed E-state index contributed by atoms with van der Waals surface area (Å²) < 4.78 is 16.2. The molecule has 2 rings (SSSR count). The topological polar surface area (TPSA) is 60.0 Å². The minimum Gasteiger partial charge on any atom is -0.497 e. The second-order valence-corrected chi connectivity index (χ2v) is 7.27. The summed E-state index contributed by atoms with van der Waals surface area (Å²) in [7, 11) is 3.29. The summed E-state index contributed by atoms with van der Waals surface area (Å²) in [4.78, 5) is 15.0. The highest BCUT2D eigenvalue weighted by molar-refractivity contribution is 5.76. The van der Waals surface area contributed by atoms with Gasteiger partial charge in [0.25, 0.3) is 0 Å². The Morgan fingerprint density at radius 3 is 2.50 bits per heavy atom. The van der Waals surface area contributed by atoms with Crippen LogP contribution in [0.4, 0.5) is 0 Å². The molecule has 1 saturated heterocycles. The van der Waals surface area contributed by atoms with E-state index in [1.54, 1.807) is 14.2 Å². The van der Waals surface area contributed by atoms with E-state index in [-0.39, 0.29) is 5.91 Å². The van der Waals surface area contributed by atoms with E-state index in [1.807, 2.05) is 18.2 Å². The maximum atomic E-state index is 12.5. The Hall–Kier alpha value is -1.79. The quantitative estimate of drug-likeness (QED) is 0.627. The van der Waals surface area contributed by atoms with Crippen molar-refractivity contribution in [1.29, 1.82) is 0 Å². The van der Waals surface area contributed by atoms with Crippen molar-refractivity contribution in [3.8, 4) is 11.5 Å². The molecule has 1 fully saturated rings. The second kappa shape index (κ2) is 11.9. The highest BCUT2D eigenvalue weighted by Crippen LogP contribution is 2.25. The second-order valence-electron chi connectivity index (χ2n) is 7.27. The predicted molar refractivity (Wildman–Crippen MR) is 111 cm³/mol. The first-order valence-corrected chi connectivity index (χ1v) is 10.4. The summed E-state index contributed by atoms with van der Waals surface area (Å²) in [6.07, 6.45) is 3.30. The summed E-state index contributed by atoms with van der Waals surface area (Å²) >= 11 is 0. The zero-order valence-electron chi connectivity index (χ0n) is 17.8. The Balaban J connectivity index is 1.91. The van der Waals surface area contributed by atoms with Crippen molar-refractivity contribution >= 4 is 5.91 Å². The lowest BCUT2D eigenvalue weighted by molar-refractivity contribution is -0.121. The van der Waals surface area contributed by atoms with Crippen LogP contribution in [0.25, 0.3) is 0 Å². The van der Waals surface area contributed by atoms with E-state index in [4.69, 9.17) is 14.2 Å². The number of ether oxygens (including phenoxy) is 3. The van der Waals surface area contributed by atoms with Crippen LogP contribution in [-0.4, -0.2) is 63.9 Å². The van der Waals surface area contributed by atoms with Crippen LogP contribution in [0, 0.1) is 5.92 Å². The highest BCUT2D eigenvalue weighted by Gasteiger charge is 2.27. The number of hydrogen-bond acceptors (Lipinski definition) is 5. The Morgan fingerprint density at radius 1 is 1.18 bits per heavy atom.